The van der Waals surface area contributed by atoms with E-state index in [9.17, 15) is 13.5 Å². The van der Waals surface area contributed by atoms with Crippen molar-refractivity contribution in [2.75, 3.05) is 24.7 Å². The van der Waals surface area contributed by atoms with Gasteiger partial charge in [0.2, 0.25) is 0 Å². The van der Waals surface area contributed by atoms with E-state index in [0.717, 1.165) is 28.4 Å². The van der Waals surface area contributed by atoms with Crippen LogP contribution in [0.1, 0.15) is 29.1 Å². The van der Waals surface area contributed by atoms with Crippen LogP contribution in [0.25, 0.3) is 0 Å². The van der Waals surface area contributed by atoms with Crippen LogP contribution in [0.15, 0.2) is 34.7 Å². The second-order valence-electron chi connectivity index (χ2n) is 7.73. The van der Waals surface area contributed by atoms with Gasteiger partial charge in [-0.25, -0.2) is 8.42 Å². The van der Waals surface area contributed by atoms with E-state index in [1.165, 1.54) is 0 Å². The van der Waals surface area contributed by atoms with E-state index in [2.05, 4.69) is 0 Å². The minimum Gasteiger partial charge on any atom is -0.491 e. The van der Waals surface area contributed by atoms with Gasteiger partial charge in [-0.2, -0.15) is 0 Å². The summed E-state index contributed by atoms with van der Waals surface area (Å²) in [7, 11) is -3.01. The van der Waals surface area contributed by atoms with Crippen molar-refractivity contribution in [3.63, 3.8) is 0 Å². The third-order valence-corrected chi connectivity index (χ3v) is 6.84. The number of ether oxygens (including phenoxy) is 1. The number of aliphatic hydroxyl groups excluding tert-OH is 1. The monoisotopic (exact) mass is 407 g/mol. The fraction of sp³-hybridized carbons (Fsp3) is 0.524. The summed E-state index contributed by atoms with van der Waals surface area (Å²) in [5.41, 5.74) is 2.18. The Morgan fingerprint density at radius 3 is 2.64 bits per heavy atom. The summed E-state index contributed by atoms with van der Waals surface area (Å²) in [5.74, 6) is 2.65. The number of hydrogen-bond donors (Lipinski definition) is 1. The molecule has 3 rings (SSSR count). The number of hydrogen-bond acceptors (Lipinski definition) is 6. The molecule has 154 valence electrons. The van der Waals surface area contributed by atoms with Gasteiger partial charge in [-0.05, 0) is 51.0 Å². The van der Waals surface area contributed by atoms with Gasteiger partial charge in [-0.3, -0.25) is 4.90 Å². The normalized spacial score (nSPS) is 19.8. The molecule has 0 saturated carbocycles. The number of aryl methyl sites for hydroxylation is 3. The lowest BCUT2D eigenvalue weighted by molar-refractivity contribution is 0.0494. The standard InChI is InChI=1S/C21H29NO5S/c1-15-4-7-21(16(2)10-15)26-13-19(23)11-22(12-20-6-5-17(3)27-20)18-8-9-28(24,25)14-18/h4-7,10,18-19,23H,8-9,11-14H2,1-3H3. The third-order valence-electron chi connectivity index (χ3n) is 5.09. The highest BCUT2D eigenvalue weighted by molar-refractivity contribution is 7.91. The first-order valence-corrected chi connectivity index (χ1v) is 11.4. The maximum Gasteiger partial charge on any atom is 0.151 e. The first-order valence-electron chi connectivity index (χ1n) is 9.60. The number of nitrogens with zero attached hydrogens (tertiary/aromatic N) is 1. The molecule has 2 heterocycles. The highest BCUT2D eigenvalue weighted by Gasteiger charge is 2.33. The predicted molar refractivity (Wildman–Crippen MR) is 108 cm³/mol. The van der Waals surface area contributed by atoms with Crippen molar-refractivity contribution < 1.29 is 22.7 Å². The Morgan fingerprint density at radius 1 is 1.25 bits per heavy atom. The highest BCUT2D eigenvalue weighted by Crippen LogP contribution is 2.22. The molecule has 2 aromatic rings. The molecule has 2 unspecified atom stereocenters. The predicted octanol–water partition coefficient (Wildman–Crippen LogP) is 2.63. The van der Waals surface area contributed by atoms with Crippen molar-refractivity contribution >= 4 is 9.84 Å². The molecule has 0 spiro atoms. The molecule has 1 saturated heterocycles. The summed E-state index contributed by atoms with van der Waals surface area (Å²) in [6.07, 6.45) is -0.160. The molecular formula is C21H29NO5S. The molecule has 7 heteroatoms. The molecule has 1 aliphatic rings. The van der Waals surface area contributed by atoms with Crippen molar-refractivity contribution in [1.29, 1.82) is 0 Å². The minimum absolute atomic E-state index is 0.119. The van der Waals surface area contributed by atoms with Gasteiger partial charge in [0.25, 0.3) is 0 Å². The first kappa shape index (κ1) is 20.9. The maximum absolute atomic E-state index is 11.9. The summed E-state index contributed by atoms with van der Waals surface area (Å²) in [6.45, 7) is 6.82. The minimum atomic E-state index is -3.01. The van der Waals surface area contributed by atoms with Crippen LogP contribution in [0.5, 0.6) is 5.75 Å². The summed E-state index contributed by atoms with van der Waals surface area (Å²) < 4.78 is 35.3. The zero-order chi connectivity index (χ0) is 20.3. The molecule has 0 amide bonds. The fourth-order valence-electron chi connectivity index (χ4n) is 3.65. The van der Waals surface area contributed by atoms with Crippen LogP contribution in [0.2, 0.25) is 0 Å². The summed E-state index contributed by atoms with van der Waals surface area (Å²) in [6, 6.07) is 9.58. The first-order chi connectivity index (χ1) is 13.2. The smallest absolute Gasteiger partial charge is 0.151 e. The topological polar surface area (TPSA) is 80.0 Å². The van der Waals surface area contributed by atoms with Gasteiger partial charge >= 0.3 is 0 Å². The molecule has 1 aliphatic heterocycles. The van der Waals surface area contributed by atoms with Crippen LogP contribution in [0.3, 0.4) is 0 Å². The molecule has 0 aliphatic carbocycles. The molecule has 1 N–H and O–H groups in total. The van der Waals surface area contributed by atoms with Crippen LogP contribution in [0, 0.1) is 20.8 Å². The molecule has 1 aromatic heterocycles. The fourth-order valence-corrected chi connectivity index (χ4v) is 5.41. The maximum atomic E-state index is 11.9. The quantitative estimate of drug-likeness (QED) is 0.725. The van der Waals surface area contributed by atoms with Gasteiger partial charge in [-0.1, -0.05) is 17.7 Å². The number of benzene rings is 1. The zero-order valence-electron chi connectivity index (χ0n) is 16.7. The second kappa shape index (κ2) is 8.68. The van der Waals surface area contributed by atoms with E-state index >= 15 is 0 Å². The number of sulfone groups is 1. The molecule has 6 nitrogen and oxygen atoms in total. The van der Waals surface area contributed by atoms with Gasteiger partial charge in [-0.15, -0.1) is 0 Å². The van der Waals surface area contributed by atoms with Crippen molar-refractivity contribution in [1.82, 2.24) is 4.90 Å². The number of furan rings is 1. The molecular weight excluding hydrogens is 378 g/mol. The summed E-state index contributed by atoms with van der Waals surface area (Å²) >= 11 is 0. The Hall–Kier alpha value is -1.83. The van der Waals surface area contributed by atoms with E-state index in [4.69, 9.17) is 9.15 Å². The molecule has 1 aromatic carbocycles. The molecule has 2 atom stereocenters. The lowest BCUT2D eigenvalue weighted by Gasteiger charge is -2.29. The Balaban J connectivity index is 1.64. The van der Waals surface area contributed by atoms with Crippen LogP contribution in [-0.4, -0.2) is 55.2 Å². The molecule has 0 bridgehead atoms. The van der Waals surface area contributed by atoms with E-state index in [1.807, 2.05) is 56.0 Å². The third kappa shape index (κ3) is 5.59. The SMILES string of the molecule is Cc1ccc(OCC(O)CN(Cc2ccc(C)o2)C2CCS(=O)(=O)C2)c(C)c1. The Kier molecular flexibility index (Phi) is 6.47. The number of rotatable bonds is 8. The van der Waals surface area contributed by atoms with Gasteiger partial charge in [0.15, 0.2) is 9.84 Å². The molecule has 1 fully saturated rings. The van der Waals surface area contributed by atoms with Crippen molar-refractivity contribution in [2.45, 2.75) is 45.9 Å². The Bertz CT molecular complexity index is 905. The average Bonchev–Trinajstić information content (AvgIpc) is 3.18. The van der Waals surface area contributed by atoms with Crippen molar-refractivity contribution in [3.05, 3.63) is 53.0 Å². The average molecular weight is 408 g/mol. The Morgan fingerprint density at radius 2 is 2.04 bits per heavy atom. The lowest BCUT2D eigenvalue weighted by Crippen LogP contribution is -2.42. The van der Waals surface area contributed by atoms with Crippen LogP contribution in [0.4, 0.5) is 0 Å². The number of aliphatic hydroxyl groups is 1. The van der Waals surface area contributed by atoms with E-state index in [0.29, 0.717) is 19.5 Å². The van der Waals surface area contributed by atoms with Gasteiger partial charge in [0, 0.05) is 12.6 Å². The summed E-state index contributed by atoms with van der Waals surface area (Å²) in [5, 5.41) is 10.6. The van der Waals surface area contributed by atoms with E-state index in [1.54, 1.807) is 0 Å². The van der Waals surface area contributed by atoms with Crippen molar-refractivity contribution in [2.24, 2.45) is 0 Å². The van der Waals surface area contributed by atoms with Crippen LogP contribution >= 0.6 is 0 Å². The van der Waals surface area contributed by atoms with Crippen LogP contribution < -0.4 is 4.74 Å². The Labute approximate surface area is 167 Å². The molecule has 28 heavy (non-hydrogen) atoms. The van der Waals surface area contributed by atoms with Gasteiger partial charge in [0.1, 0.15) is 30.0 Å². The second-order valence-corrected chi connectivity index (χ2v) is 9.96. The zero-order valence-corrected chi connectivity index (χ0v) is 17.5. The summed E-state index contributed by atoms with van der Waals surface area (Å²) in [4.78, 5) is 2.00. The van der Waals surface area contributed by atoms with E-state index in [-0.39, 0.29) is 24.2 Å². The van der Waals surface area contributed by atoms with Gasteiger partial charge < -0.3 is 14.3 Å². The van der Waals surface area contributed by atoms with Gasteiger partial charge in [0.05, 0.1) is 18.1 Å². The van der Waals surface area contributed by atoms with Crippen LogP contribution in [-0.2, 0) is 16.4 Å². The largest absolute Gasteiger partial charge is 0.491 e. The van der Waals surface area contributed by atoms with Crippen molar-refractivity contribution in [3.8, 4) is 5.75 Å². The lowest BCUT2D eigenvalue weighted by atomic mass is 10.1. The van der Waals surface area contributed by atoms with E-state index < -0.39 is 15.9 Å². The molecule has 0 radical (unpaired) electrons. The highest BCUT2D eigenvalue weighted by atomic mass is 32.2.